The summed E-state index contributed by atoms with van der Waals surface area (Å²) in [5.74, 6) is 0.281. The lowest BCUT2D eigenvalue weighted by molar-refractivity contribution is 0.0345. The highest BCUT2D eigenvalue weighted by Crippen LogP contribution is 2.28. The van der Waals surface area contributed by atoms with Crippen LogP contribution in [0.4, 0.5) is 0 Å². The second kappa shape index (κ2) is 6.91. The van der Waals surface area contributed by atoms with E-state index in [-0.39, 0.29) is 11.9 Å². The standard InChI is InChI=1S/C16H26N4O/c1-12-10-20(11-13(2)19(12)3)15(9-16(17)18-21)14-7-5-4-6-8-14/h4-8,12-13,15,21H,9-11H2,1-3H3,(H2,17,18). The SMILES string of the molecule is CC1CN(C(C/C(N)=N/O)c2ccccc2)CC(C)N1C. The van der Waals surface area contributed by atoms with Crippen molar-refractivity contribution >= 4 is 5.84 Å². The van der Waals surface area contributed by atoms with Crippen molar-refractivity contribution in [2.45, 2.75) is 38.4 Å². The molecule has 1 aliphatic heterocycles. The topological polar surface area (TPSA) is 65.1 Å². The van der Waals surface area contributed by atoms with Gasteiger partial charge in [-0.05, 0) is 26.5 Å². The van der Waals surface area contributed by atoms with E-state index in [0.717, 1.165) is 13.1 Å². The first kappa shape index (κ1) is 15.8. The van der Waals surface area contributed by atoms with Crippen LogP contribution in [0.3, 0.4) is 0 Å². The van der Waals surface area contributed by atoms with Crippen LogP contribution in [0.25, 0.3) is 0 Å². The predicted molar refractivity (Wildman–Crippen MR) is 85.5 cm³/mol. The van der Waals surface area contributed by atoms with Crippen LogP contribution in [-0.2, 0) is 0 Å². The van der Waals surface area contributed by atoms with E-state index in [9.17, 15) is 0 Å². The molecule has 0 bridgehead atoms. The van der Waals surface area contributed by atoms with Crippen molar-refractivity contribution in [1.29, 1.82) is 0 Å². The number of nitrogens with zero attached hydrogens (tertiary/aromatic N) is 3. The molecule has 0 radical (unpaired) electrons. The van der Waals surface area contributed by atoms with Crippen molar-refractivity contribution in [3.8, 4) is 0 Å². The second-order valence-electron chi connectivity index (χ2n) is 6.04. The Hall–Kier alpha value is -1.59. The fraction of sp³-hybridized carbons (Fsp3) is 0.562. The first-order chi connectivity index (χ1) is 10.0. The molecule has 3 atom stereocenters. The van der Waals surface area contributed by atoms with E-state index < -0.39 is 0 Å². The Kier molecular flexibility index (Phi) is 5.20. The fourth-order valence-electron chi connectivity index (χ4n) is 3.07. The van der Waals surface area contributed by atoms with Gasteiger partial charge in [0.25, 0.3) is 0 Å². The summed E-state index contributed by atoms with van der Waals surface area (Å²) in [6.07, 6.45) is 0.545. The molecule has 3 N–H and O–H groups in total. The number of benzene rings is 1. The largest absolute Gasteiger partial charge is 0.409 e. The molecule has 5 heteroatoms. The molecule has 1 aromatic rings. The van der Waals surface area contributed by atoms with Gasteiger partial charge in [0.05, 0.1) is 0 Å². The highest BCUT2D eigenvalue weighted by atomic mass is 16.4. The highest BCUT2D eigenvalue weighted by molar-refractivity contribution is 5.80. The third-order valence-corrected chi connectivity index (χ3v) is 4.54. The maximum atomic E-state index is 8.91. The van der Waals surface area contributed by atoms with E-state index in [2.05, 4.69) is 48.0 Å². The highest BCUT2D eigenvalue weighted by Gasteiger charge is 2.31. The van der Waals surface area contributed by atoms with Crippen LogP contribution in [-0.4, -0.2) is 53.1 Å². The lowest BCUT2D eigenvalue weighted by atomic mass is 9.98. The molecule has 1 saturated heterocycles. The number of amidine groups is 1. The minimum absolute atomic E-state index is 0.153. The summed E-state index contributed by atoms with van der Waals surface area (Å²) < 4.78 is 0. The molecule has 0 saturated carbocycles. The number of piperazine rings is 1. The minimum atomic E-state index is 0.153. The zero-order valence-corrected chi connectivity index (χ0v) is 13.1. The molecule has 116 valence electrons. The molecule has 21 heavy (non-hydrogen) atoms. The van der Waals surface area contributed by atoms with Crippen molar-refractivity contribution in [3.05, 3.63) is 35.9 Å². The maximum absolute atomic E-state index is 8.91. The second-order valence-corrected chi connectivity index (χ2v) is 6.04. The summed E-state index contributed by atoms with van der Waals surface area (Å²) >= 11 is 0. The molecule has 1 aromatic carbocycles. The molecular formula is C16H26N4O. The van der Waals surface area contributed by atoms with Gasteiger partial charge in [-0.25, -0.2) is 0 Å². The molecule has 1 heterocycles. The number of rotatable bonds is 4. The van der Waals surface area contributed by atoms with E-state index in [1.165, 1.54) is 5.56 Å². The van der Waals surface area contributed by atoms with Gasteiger partial charge in [-0.15, -0.1) is 0 Å². The van der Waals surface area contributed by atoms with Gasteiger partial charge in [-0.3, -0.25) is 9.80 Å². The minimum Gasteiger partial charge on any atom is -0.409 e. The molecular weight excluding hydrogens is 264 g/mol. The van der Waals surface area contributed by atoms with E-state index in [1.54, 1.807) is 0 Å². The Bertz CT molecular complexity index is 464. The Labute approximate surface area is 127 Å². The van der Waals surface area contributed by atoms with Gasteiger partial charge >= 0.3 is 0 Å². The Morgan fingerprint density at radius 3 is 2.38 bits per heavy atom. The molecule has 5 nitrogen and oxygen atoms in total. The summed E-state index contributed by atoms with van der Waals surface area (Å²) in [7, 11) is 2.17. The van der Waals surface area contributed by atoms with Gasteiger partial charge in [0.1, 0.15) is 5.84 Å². The zero-order chi connectivity index (χ0) is 15.4. The Balaban J connectivity index is 2.23. The first-order valence-electron chi connectivity index (χ1n) is 7.50. The monoisotopic (exact) mass is 290 g/mol. The number of oxime groups is 1. The normalized spacial score (nSPS) is 26.7. The summed E-state index contributed by atoms with van der Waals surface area (Å²) in [4.78, 5) is 4.85. The first-order valence-corrected chi connectivity index (χ1v) is 7.50. The predicted octanol–water partition coefficient (Wildman–Crippen LogP) is 1.89. The molecule has 3 unspecified atom stereocenters. The third kappa shape index (κ3) is 3.74. The van der Waals surface area contributed by atoms with E-state index in [4.69, 9.17) is 10.9 Å². The van der Waals surface area contributed by atoms with Crippen LogP contribution < -0.4 is 5.73 Å². The van der Waals surface area contributed by atoms with Gasteiger partial charge in [0.15, 0.2) is 0 Å². The van der Waals surface area contributed by atoms with Gasteiger partial charge in [0.2, 0.25) is 0 Å². The summed E-state index contributed by atoms with van der Waals surface area (Å²) in [6.45, 7) is 6.46. The van der Waals surface area contributed by atoms with Crippen molar-refractivity contribution in [1.82, 2.24) is 9.80 Å². The number of likely N-dealkylation sites (N-methyl/N-ethyl adjacent to an activating group) is 1. The van der Waals surface area contributed by atoms with Gasteiger partial charge in [0, 0.05) is 37.6 Å². The lowest BCUT2D eigenvalue weighted by Crippen LogP contribution is -2.55. The summed E-state index contributed by atoms with van der Waals surface area (Å²) in [6, 6.07) is 11.5. The number of nitrogens with two attached hydrogens (primary N) is 1. The fourth-order valence-corrected chi connectivity index (χ4v) is 3.07. The number of hydrogen-bond donors (Lipinski definition) is 2. The number of hydrogen-bond acceptors (Lipinski definition) is 4. The van der Waals surface area contributed by atoms with Crippen LogP contribution >= 0.6 is 0 Å². The Morgan fingerprint density at radius 2 is 1.86 bits per heavy atom. The van der Waals surface area contributed by atoms with Crippen LogP contribution in [0, 0.1) is 0 Å². The van der Waals surface area contributed by atoms with Gasteiger partial charge < -0.3 is 10.9 Å². The van der Waals surface area contributed by atoms with Gasteiger partial charge in [-0.2, -0.15) is 0 Å². The van der Waals surface area contributed by atoms with Crippen LogP contribution in [0.1, 0.15) is 31.9 Å². The summed E-state index contributed by atoms with van der Waals surface area (Å²) in [5.41, 5.74) is 6.99. The molecule has 0 spiro atoms. The average Bonchev–Trinajstić information content (AvgIpc) is 2.50. The molecule has 0 amide bonds. The average molecular weight is 290 g/mol. The van der Waals surface area contributed by atoms with Crippen LogP contribution in [0.5, 0.6) is 0 Å². The van der Waals surface area contributed by atoms with Gasteiger partial charge in [-0.1, -0.05) is 35.5 Å². The molecule has 1 aliphatic rings. The van der Waals surface area contributed by atoms with Crippen molar-refractivity contribution in [2.24, 2.45) is 10.9 Å². The smallest absolute Gasteiger partial charge is 0.141 e. The Morgan fingerprint density at radius 1 is 1.29 bits per heavy atom. The third-order valence-electron chi connectivity index (χ3n) is 4.54. The van der Waals surface area contributed by atoms with Crippen LogP contribution in [0.15, 0.2) is 35.5 Å². The maximum Gasteiger partial charge on any atom is 0.141 e. The zero-order valence-electron chi connectivity index (χ0n) is 13.1. The van der Waals surface area contributed by atoms with Crippen molar-refractivity contribution < 1.29 is 5.21 Å². The molecule has 0 aromatic heterocycles. The summed E-state index contributed by atoms with van der Waals surface area (Å²) in [5, 5.41) is 12.1. The van der Waals surface area contributed by atoms with Crippen molar-refractivity contribution in [2.75, 3.05) is 20.1 Å². The molecule has 0 aliphatic carbocycles. The molecule has 2 rings (SSSR count). The lowest BCUT2D eigenvalue weighted by Gasteiger charge is -2.45. The van der Waals surface area contributed by atoms with E-state index in [0.29, 0.717) is 18.5 Å². The quantitative estimate of drug-likeness (QED) is 0.385. The van der Waals surface area contributed by atoms with Crippen LogP contribution in [0.2, 0.25) is 0 Å². The molecule has 1 fully saturated rings. The van der Waals surface area contributed by atoms with E-state index >= 15 is 0 Å². The van der Waals surface area contributed by atoms with Crippen molar-refractivity contribution in [3.63, 3.8) is 0 Å². The van der Waals surface area contributed by atoms with E-state index in [1.807, 2.05) is 18.2 Å².